The van der Waals surface area contributed by atoms with Crippen LogP contribution in [0.3, 0.4) is 0 Å². The van der Waals surface area contributed by atoms with Gasteiger partial charge in [-0.2, -0.15) is 0 Å². The quantitative estimate of drug-likeness (QED) is 0.922. The standard InChI is InChI=1S/C17H20N2O/c1-18-12-13-8-9-19-17(10-13)20-16-7-6-14-4-2-3-5-15(14)11-16/h6-11,18H,2-5,12H2,1H3. The number of hydrogen-bond acceptors (Lipinski definition) is 3. The summed E-state index contributed by atoms with van der Waals surface area (Å²) in [5.41, 5.74) is 4.08. The third-order valence-corrected chi connectivity index (χ3v) is 3.72. The fourth-order valence-corrected chi connectivity index (χ4v) is 2.71. The lowest BCUT2D eigenvalue weighted by atomic mass is 9.92. The van der Waals surface area contributed by atoms with Crippen molar-refractivity contribution in [2.24, 2.45) is 0 Å². The summed E-state index contributed by atoms with van der Waals surface area (Å²) < 4.78 is 5.89. The third kappa shape index (κ3) is 2.99. The molecule has 3 rings (SSSR count). The highest BCUT2D eigenvalue weighted by molar-refractivity contribution is 5.38. The molecule has 1 aromatic carbocycles. The van der Waals surface area contributed by atoms with E-state index in [4.69, 9.17) is 4.74 Å². The zero-order chi connectivity index (χ0) is 13.8. The number of ether oxygens (including phenoxy) is 1. The van der Waals surface area contributed by atoms with Crippen molar-refractivity contribution in [3.63, 3.8) is 0 Å². The van der Waals surface area contributed by atoms with Crippen LogP contribution in [0.5, 0.6) is 11.6 Å². The summed E-state index contributed by atoms with van der Waals surface area (Å²) >= 11 is 0. The molecule has 1 aromatic heterocycles. The SMILES string of the molecule is CNCc1ccnc(Oc2ccc3c(c2)CCCC3)c1. The first-order chi connectivity index (χ1) is 9.85. The molecule has 0 saturated heterocycles. The van der Waals surface area contributed by atoms with Gasteiger partial charge in [-0.25, -0.2) is 4.98 Å². The molecule has 0 saturated carbocycles. The molecule has 0 aliphatic heterocycles. The first-order valence-electron chi connectivity index (χ1n) is 7.24. The lowest BCUT2D eigenvalue weighted by Crippen LogP contribution is -2.05. The van der Waals surface area contributed by atoms with Gasteiger partial charge < -0.3 is 10.1 Å². The number of fused-ring (bicyclic) bond motifs is 1. The van der Waals surface area contributed by atoms with E-state index in [9.17, 15) is 0 Å². The fraction of sp³-hybridized carbons (Fsp3) is 0.353. The molecule has 0 amide bonds. The number of aromatic nitrogens is 1. The predicted molar refractivity (Wildman–Crippen MR) is 80.2 cm³/mol. The Bertz CT molecular complexity index is 595. The number of rotatable bonds is 4. The van der Waals surface area contributed by atoms with E-state index in [1.165, 1.54) is 42.4 Å². The van der Waals surface area contributed by atoms with Crippen LogP contribution in [0.2, 0.25) is 0 Å². The predicted octanol–water partition coefficient (Wildman–Crippen LogP) is 3.47. The van der Waals surface area contributed by atoms with Crippen LogP contribution in [0, 0.1) is 0 Å². The summed E-state index contributed by atoms with van der Waals surface area (Å²) in [6.45, 7) is 0.822. The Labute approximate surface area is 120 Å². The van der Waals surface area contributed by atoms with Crippen LogP contribution in [-0.2, 0) is 19.4 Å². The van der Waals surface area contributed by atoms with Crippen molar-refractivity contribution in [1.82, 2.24) is 10.3 Å². The summed E-state index contributed by atoms with van der Waals surface area (Å²) in [6.07, 6.45) is 6.75. The third-order valence-electron chi connectivity index (χ3n) is 3.72. The van der Waals surface area contributed by atoms with Crippen LogP contribution in [-0.4, -0.2) is 12.0 Å². The minimum Gasteiger partial charge on any atom is -0.439 e. The number of nitrogens with zero attached hydrogens (tertiary/aromatic N) is 1. The molecule has 0 fully saturated rings. The maximum atomic E-state index is 5.89. The molecule has 0 spiro atoms. The highest BCUT2D eigenvalue weighted by atomic mass is 16.5. The Balaban J connectivity index is 1.78. The van der Waals surface area contributed by atoms with Crippen molar-refractivity contribution in [1.29, 1.82) is 0 Å². The van der Waals surface area contributed by atoms with Crippen molar-refractivity contribution in [3.05, 3.63) is 53.2 Å². The molecular formula is C17H20N2O. The minimum atomic E-state index is 0.661. The fourth-order valence-electron chi connectivity index (χ4n) is 2.71. The van der Waals surface area contributed by atoms with Gasteiger partial charge in [0.25, 0.3) is 0 Å². The molecule has 1 aliphatic carbocycles. The van der Waals surface area contributed by atoms with E-state index in [1.54, 1.807) is 6.20 Å². The zero-order valence-electron chi connectivity index (χ0n) is 11.9. The van der Waals surface area contributed by atoms with Gasteiger partial charge in [0.2, 0.25) is 5.88 Å². The van der Waals surface area contributed by atoms with E-state index in [0.717, 1.165) is 12.3 Å². The molecule has 0 unspecified atom stereocenters. The lowest BCUT2D eigenvalue weighted by molar-refractivity contribution is 0.460. The largest absolute Gasteiger partial charge is 0.439 e. The van der Waals surface area contributed by atoms with Crippen LogP contribution in [0.4, 0.5) is 0 Å². The average molecular weight is 268 g/mol. The van der Waals surface area contributed by atoms with E-state index in [0.29, 0.717) is 5.88 Å². The van der Waals surface area contributed by atoms with Gasteiger partial charge in [-0.15, -0.1) is 0 Å². The van der Waals surface area contributed by atoms with E-state index in [2.05, 4.69) is 28.5 Å². The smallest absolute Gasteiger partial charge is 0.219 e. The van der Waals surface area contributed by atoms with E-state index >= 15 is 0 Å². The van der Waals surface area contributed by atoms with Crippen molar-refractivity contribution >= 4 is 0 Å². The van der Waals surface area contributed by atoms with Gasteiger partial charge in [-0.1, -0.05) is 6.07 Å². The van der Waals surface area contributed by atoms with Crippen molar-refractivity contribution < 1.29 is 4.74 Å². The summed E-state index contributed by atoms with van der Waals surface area (Å²) in [7, 11) is 1.93. The summed E-state index contributed by atoms with van der Waals surface area (Å²) in [5.74, 6) is 1.55. The Morgan fingerprint density at radius 2 is 1.95 bits per heavy atom. The number of pyridine rings is 1. The first-order valence-corrected chi connectivity index (χ1v) is 7.24. The summed E-state index contributed by atoms with van der Waals surface area (Å²) in [6, 6.07) is 10.4. The number of hydrogen-bond donors (Lipinski definition) is 1. The summed E-state index contributed by atoms with van der Waals surface area (Å²) in [4.78, 5) is 4.28. The maximum absolute atomic E-state index is 5.89. The normalized spacial score (nSPS) is 13.8. The van der Waals surface area contributed by atoms with Crippen molar-refractivity contribution in [3.8, 4) is 11.6 Å². The molecule has 1 aliphatic rings. The van der Waals surface area contributed by atoms with Crippen LogP contribution in [0.1, 0.15) is 29.5 Å². The van der Waals surface area contributed by atoms with Crippen LogP contribution >= 0.6 is 0 Å². The van der Waals surface area contributed by atoms with Gasteiger partial charge >= 0.3 is 0 Å². The lowest BCUT2D eigenvalue weighted by Gasteiger charge is -2.16. The molecule has 104 valence electrons. The van der Waals surface area contributed by atoms with Crippen molar-refractivity contribution in [2.45, 2.75) is 32.2 Å². The Hall–Kier alpha value is -1.87. The topological polar surface area (TPSA) is 34.2 Å². The Kier molecular flexibility index (Phi) is 3.97. The highest BCUT2D eigenvalue weighted by Crippen LogP contribution is 2.27. The molecule has 1 heterocycles. The Morgan fingerprint density at radius 3 is 2.80 bits per heavy atom. The van der Waals surface area contributed by atoms with Gasteiger partial charge in [-0.3, -0.25) is 0 Å². The van der Waals surface area contributed by atoms with E-state index < -0.39 is 0 Å². The average Bonchev–Trinajstić information content (AvgIpc) is 2.48. The number of benzene rings is 1. The second-order valence-electron chi connectivity index (χ2n) is 5.27. The van der Waals surface area contributed by atoms with Crippen LogP contribution in [0.15, 0.2) is 36.5 Å². The molecular weight excluding hydrogens is 248 g/mol. The van der Waals surface area contributed by atoms with E-state index in [-0.39, 0.29) is 0 Å². The maximum Gasteiger partial charge on any atom is 0.219 e. The molecule has 20 heavy (non-hydrogen) atoms. The molecule has 0 atom stereocenters. The molecule has 0 bridgehead atoms. The molecule has 2 aromatic rings. The summed E-state index contributed by atoms with van der Waals surface area (Å²) in [5, 5.41) is 3.13. The highest BCUT2D eigenvalue weighted by Gasteiger charge is 2.10. The minimum absolute atomic E-state index is 0.661. The molecule has 1 N–H and O–H groups in total. The van der Waals surface area contributed by atoms with Gasteiger partial charge in [0.1, 0.15) is 5.75 Å². The van der Waals surface area contributed by atoms with Crippen molar-refractivity contribution in [2.75, 3.05) is 7.05 Å². The van der Waals surface area contributed by atoms with Crippen LogP contribution < -0.4 is 10.1 Å². The molecule has 0 radical (unpaired) electrons. The second kappa shape index (κ2) is 6.06. The zero-order valence-corrected chi connectivity index (χ0v) is 11.9. The van der Waals surface area contributed by atoms with Gasteiger partial charge in [-0.05, 0) is 67.6 Å². The van der Waals surface area contributed by atoms with Gasteiger partial charge in [0.05, 0.1) is 0 Å². The van der Waals surface area contributed by atoms with Gasteiger partial charge in [0.15, 0.2) is 0 Å². The monoisotopic (exact) mass is 268 g/mol. The number of nitrogens with one attached hydrogen (secondary N) is 1. The van der Waals surface area contributed by atoms with Gasteiger partial charge in [0, 0.05) is 18.8 Å². The van der Waals surface area contributed by atoms with E-state index in [1.807, 2.05) is 19.2 Å². The Morgan fingerprint density at radius 1 is 1.10 bits per heavy atom. The number of aryl methyl sites for hydroxylation is 2. The molecule has 3 nitrogen and oxygen atoms in total. The van der Waals surface area contributed by atoms with Crippen LogP contribution in [0.25, 0.3) is 0 Å². The molecule has 3 heteroatoms. The second-order valence-corrected chi connectivity index (χ2v) is 5.27. The first kappa shape index (κ1) is 13.1.